The molecule has 154 valence electrons. The fourth-order valence-corrected chi connectivity index (χ4v) is 3.79. The highest BCUT2D eigenvalue weighted by molar-refractivity contribution is 5.85. The number of piperidine rings is 1. The highest BCUT2D eigenvalue weighted by atomic mass is 35.5. The maximum absolute atomic E-state index is 4.61. The van der Waals surface area contributed by atoms with E-state index in [4.69, 9.17) is 0 Å². The molecule has 30 heavy (non-hydrogen) atoms. The fourth-order valence-electron chi connectivity index (χ4n) is 3.79. The van der Waals surface area contributed by atoms with Crippen LogP contribution in [0.4, 0.5) is 0 Å². The van der Waals surface area contributed by atoms with Crippen LogP contribution in [0.2, 0.25) is 0 Å². The molecule has 8 heteroatoms. The van der Waals surface area contributed by atoms with Crippen LogP contribution in [0, 0.1) is 0 Å². The van der Waals surface area contributed by atoms with Gasteiger partial charge >= 0.3 is 0 Å². The summed E-state index contributed by atoms with van der Waals surface area (Å²) in [7, 11) is 1.92. The lowest BCUT2D eigenvalue weighted by atomic mass is 10.1. The molecule has 0 aliphatic carbocycles. The Morgan fingerprint density at radius 2 is 1.53 bits per heavy atom. The van der Waals surface area contributed by atoms with E-state index >= 15 is 0 Å². The van der Waals surface area contributed by atoms with Crippen molar-refractivity contribution in [2.75, 3.05) is 13.1 Å². The first-order chi connectivity index (χ1) is 14.3. The maximum Gasteiger partial charge on any atom is 0.159 e. The van der Waals surface area contributed by atoms with Crippen molar-refractivity contribution in [3.63, 3.8) is 0 Å². The lowest BCUT2D eigenvalue weighted by Crippen LogP contribution is -2.29. The zero-order valence-corrected chi connectivity index (χ0v) is 17.6. The normalized spacial score (nSPS) is 14.4. The van der Waals surface area contributed by atoms with Crippen LogP contribution in [0.15, 0.2) is 61.4 Å². The second-order valence-electron chi connectivity index (χ2n) is 7.47. The first-order valence-corrected chi connectivity index (χ1v) is 9.93. The highest BCUT2D eigenvalue weighted by Gasteiger charge is 2.16. The highest BCUT2D eigenvalue weighted by Crippen LogP contribution is 2.26. The van der Waals surface area contributed by atoms with Gasteiger partial charge in [0.1, 0.15) is 0 Å². The number of aromatic nitrogens is 6. The molecule has 0 amide bonds. The van der Waals surface area contributed by atoms with Crippen molar-refractivity contribution in [2.24, 2.45) is 7.05 Å². The van der Waals surface area contributed by atoms with Crippen LogP contribution in [-0.4, -0.2) is 42.6 Å². The Balaban J connectivity index is 0.00000218. The number of nitrogens with zero attached hydrogens (tertiary/aromatic N) is 6. The molecule has 3 aromatic heterocycles. The molecule has 4 heterocycles. The van der Waals surface area contributed by atoms with Gasteiger partial charge in [-0.3, -0.25) is 9.36 Å². The first kappa shape index (κ1) is 20.3. The molecule has 1 aliphatic heterocycles. The van der Waals surface area contributed by atoms with Gasteiger partial charge in [0.05, 0.1) is 18.4 Å². The lowest BCUT2D eigenvalue weighted by Gasteiger charge is -2.22. The van der Waals surface area contributed by atoms with Gasteiger partial charge in [-0.25, -0.2) is 9.97 Å². The Morgan fingerprint density at radius 1 is 0.833 bits per heavy atom. The van der Waals surface area contributed by atoms with Gasteiger partial charge in [-0.05, 0) is 37.6 Å². The second-order valence-corrected chi connectivity index (χ2v) is 7.47. The third kappa shape index (κ3) is 4.13. The Bertz CT molecular complexity index is 1110. The van der Waals surface area contributed by atoms with Gasteiger partial charge in [0.2, 0.25) is 0 Å². The summed E-state index contributed by atoms with van der Waals surface area (Å²) in [5.74, 6) is 0.713. The van der Waals surface area contributed by atoms with Crippen molar-refractivity contribution in [2.45, 2.75) is 18.9 Å². The molecule has 5 rings (SSSR count). The molecule has 0 spiro atoms. The third-order valence-corrected chi connectivity index (χ3v) is 5.43. The fraction of sp³-hybridized carbons (Fsp3) is 0.273. The van der Waals surface area contributed by atoms with Crippen molar-refractivity contribution in [1.82, 2.24) is 34.8 Å². The van der Waals surface area contributed by atoms with Gasteiger partial charge < -0.3 is 5.32 Å². The molecule has 0 radical (unpaired) electrons. The van der Waals surface area contributed by atoms with Gasteiger partial charge in [-0.15, -0.1) is 12.4 Å². The molecule has 1 aliphatic rings. The van der Waals surface area contributed by atoms with Crippen molar-refractivity contribution < 1.29 is 0 Å². The molecule has 7 nitrogen and oxygen atoms in total. The first-order valence-electron chi connectivity index (χ1n) is 9.93. The summed E-state index contributed by atoms with van der Waals surface area (Å²) in [6.07, 6.45) is 13.9. The average molecular weight is 422 g/mol. The van der Waals surface area contributed by atoms with Crippen LogP contribution in [0.1, 0.15) is 18.9 Å². The standard InChI is InChI=1S/C22H23N7.ClH/c1-28-14-19(12-26-28)16-3-2-4-17(9-16)22-24-10-18(11-25-22)20-13-27-29(15-20)21-5-7-23-8-6-21;/h2-4,9-15,21,23H,5-8H2,1H3;1H. The molecule has 1 fully saturated rings. The average Bonchev–Trinajstić information content (AvgIpc) is 3.44. The van der Waals surface area contributed by atoms with Gasteiger partial charge in [0, 0.05) is 54.1 Å². The summed E-state index contributed by atoms with van der Waals surface area (Å²) >= 11 is 0. The molecule has 0 unspecified atom stereocenters. The van der Waals surface area contributed by atoms with Crippen LogP contribution in [0.3, 0.4) is 0 Å². The number of rotatable bonds is 4. The summed E-state index contributed by atoms with van der Waals surface area (Å²) in [4.78, 5) is 9.22. The smallest absolute Gasteiger partial charge is 0.159 e. The minimum absolute atomic E-state index is 0. The Kier molecular flexibility index (Phi) is 5.92. The van der Waals surface area contributed by atoms with E-state index in [1.165, 1.54) is 0 Å². The number of nitrogens with one attached hydrogen (secondary N) is 1. The lowest BCUT2D eigenvalue weighted by molar-refractivity contribution is 0.343. The summed E-state index contributed by atoms with van der Waals surface area (Å²) in [6.45, 7) is 2.10. The molecular formula is C22H24ClN7. The summed E-state index contributed by atoms with van der Waals surface area (Å²) in [5.41, 5.74) is 5.21. The summed E-state index contributed by atoms with van der Waals surface area (Å²) < 4.78 is 3.89. The van der Waals surface area contributed by atoms with E-state index in [1.54, 1.807) is 4.68 Å². The number of benzene rings is 1. The molecule has 0 saturated carbocycles. The third-order valence-electron chi connectivity index (χ3n) is 5.43. The van der Waals surface area contributed by atoms with Gasteiger partial charge in [-0.1, -0.05) is 18.2 Å². The van der Waals surface area contributed by atoms with Gasteiger partial charge in [-0.2, -0.15) is 10.2 Å². The van der Waals surface area contributed by atoms with E-state index in [9.17, 15) is 0 Å². The largest absolute Gasteiger partial charge is 0.317 e. The second kappa shape index (κ2) is 8.77. The summed E-state index contributed by atoms with van der Waals surface area (Å²) in [5, 5.41) is 12.2. The predicted octanol–water partition coefficient (Wildman–Crippen LogP) is 3.75. The van der Waals surface area contributed by atoms with Crippen LogP contribution in [0.5, 0.6) is 0 Å². The molecule has 0 bridgehead atoms. The van der Waals surface area contributed by atoms with E-state index in [-0.39, 0.29) is 12.4 Å². The topological polar surface area (TPSA) is 73.5 Å². The Hall–Kier alpha value is -3.03. The van der Waals surface area contributed by atoms with E-state index in [1.807, 2.05) is 50.2 Å². The molecule has 1 N–H and O–H groups in total. The quantitative estimate of drug-likeness (QED) is 0.543. The Morgan fingerprint density at radius 3 is 2.27 bits per heavy atom. The molecule has 1 saturated heterocycles. The molecule has 0 atom stereocenters. The zero-order valence-electron chi connectivity index (χ0n) is 16.8. The van der Waals surface area contributed by atoms with Crippen LogP contribution >= 0.6 is 12.4 Å². The Labute approximate surface area is 181 Å². The molecular weight excluding hydrogens is 398 g/mol. The van der Waals surface area contributed by atoms with Crippen LogP contribution in [0.25, 0.3) is 33.6 Å². The molecule has 4 aromatic rings. The van der Waals surface area contributed by atoms with Crippen LogP contribution in [-0.2, 0) is 7.05 Å². The van der Waals surface area contributed by atoms with E-state index in [2.05, 4.69) is 48.5 Å². The SMILES string of the molecule is Cl.Cn1cc(-c2cccc(-c3ncc(-c4cnn(C5CCNCC5)c4)cn3)c2)cn1. The van der Waals surface area contributed by atoms with E-state index in [0.29, 0.717) is 11.9 Å². The maximum atomic E-state index is 4.61. The molecule has 1 aromatic carbocycles. The zero-order chi connectivity index (χ0) is 19.6. The van der Waals surface area contributed by atoms with E-state index in [0.717, 1.165) is 53.7 Å². The number of halogens is 1. The monoisotopic (exact) mass is 421 g/mol. The summed E-state index contributed by atoms with van der Waals surface area (Å²) in [6, 6.07) is 8.70. The van der Waals surface area contributed by atoms with Gasteiger partial charge in [0.15, 0.2) is 5.82 Å². The number of aryl methyl sites for hydroxylation is 1. The van der Waals surface area contributed by atoms with E-state index < -0.39 is 0 Å². The minimum Gasteiger partial charge on any atom is -0.317 e. The minimum atomic E-state index is 0. The van der Waals surface area contributed by atoms with Crippen molar-refractivity contribution in [3.8, 4) is 33.6 Å². The number of hydrogen-bond acceptors (Lipinski definition) is 5. The van der Waals surface area contributed by atoms with Crippen molar-refractivity contribution >= 4 is 12.4 Å². The van der Waals surface area contributed by atoms with Crippen LogP contribution < -0.4 is 5.32 Å². The van der Waals surface area contributed by atoms with Gasteiger partial charge in [0.25, 0.3) is 0 Å². The number of hydrogen-bond donors (Lipinski definition) is 1. The van der Waals surface area contributed by atoms with Crippen molar-refractivity contribution in [1.29, 1.82) is 0 Å². The van der Waals surface area contributed by atoms with Crippen molar-refractivity contribution in [3.05, 3.63) is 61.4 Å². The predicted molar refractivity (Wildman–Crippen MR) is 119 cm³/mol.